The normalized spacial score (nSPS) is 13.0. The van der Waals surface area contributed by atoms with Crippen molar-refractivity contribution < 1.29 is 4.39 Å². The van der Waals surface area contributed by atoms with Crippen LogP contribution < -0.4 is 10.6 Å². The first-order chi connectivity index (χ1) is 10.3. The molecule has 0 saturated carbocycles. The van der Waals surface area contributed by atoms with Crippen molar-refractivity contribution in [2.45, 2.75) is 6.42 Å². The van der Waals surface area contributed by atoms with Crippen molar-refractivity contribution >= 4 is 28.2 Å². The van der Waals surface area contributed by atoms with Crippen LogP contribution in [0.15, 0.2) is 18.6 Å². The average molecular weight is 303 g/mol. The Balaban J connectivity index is 1.68. The van der Waals surface area contributed by atoms with E-state index in [4.69, 9.17) is 0 Å². The smallest absolute Gasteiger partial charge is 0.229 e. The first-order valence-corrected chi connectivity index (χ1v) is 7.13. The van der Waals surface area contributed by atoms with Crippen LogP contribution in [-0.4, -0.2) is 31.7 Å². The van der Waals surface area contributed by atoms with Gasteiger partial charge in [0.15, 0.2) is 16.8 Å². The van der Waals surface area contributed by atoms with Crippen molar-refractivity contribution in [3.63, 3.8) is 0 Å². The van der Waals surface area contributed by atoms with E-state index in [-0.39, 0.29) is 0 Å². The topological polar surface area (TPSA) is 91.4 Å². The zero-order valence-electron chi connectivity index (χ0n) is 10.7. The maximum atomic E-state index is 12.8. The number of H-pyrrole nitrogens is 1. The molecule has 0 bridgehead atoms. The Bertz CT molecular complexity index is 779. The predicted octanol–water partition coefficient (Wildman–Crippen LogP) is 2.17. The minimum absolute atomic E-state index is 0.325. The van der Waals surface area contributed by atoms with Crippen LogP contribution in [0, 0.1) is 5.82 Å². The lowest BCUT2D eigenvalue weighted by Gasteiger charge is -2.00. The highest BCUT2D eigenvalue weighted by molar-refractivity contribution is 7.16. The fourth-order valence-electron chi connectivity index (χ4n) is 2.16. The van der Waals surface area contributed by atoms with Gasteiger partial charge < -0.3 is 10.6 Å². The van der Waals surface area contributed by atoms with Gasteiger partial charge in [-0.3, -0.25) is 5.10 Å². The van der Waals surface area contributed by atoms with Crippen LogP contribution in [0.5, 0.6) is 0 Å². The summed E-state index contributed by atoms with van der Waals surface area (Å²) < 4.78 is 12.8. The lowest BCUT2D eigenvalue weighted by atomic mass is 10.2. The molecule has 3 aromatic rings. The molecule has 1 aliphatic rings. The van der Waals surface area contributed by atoms with Crippen LogP contribution >= 0.6 is 11.3 Å². The molecule has 3 N–H and O–H groups in total. The van der Waals surface area contributed by atoms with Gasteiger partial charge in [0.1, 0.15) is 0 Å². The molecular formula is C12H10FN7S. The van der Waals surface area contributed by atoms with Crippen molar-refractivity contribution in [2.75, 3.05) is 17.2 Å². The third-order valence-electron chi connectivity index (χ3n) is 3.08. The number of fused-ring (bicyclic) bond motifs is 3. The molecule has 4 heterocycles. The number of aromatic nitrogens is 5. The van der Waals surface area contributed by atoms with Gasteiger partial charge in [0.25, 0.3) is 0 Å². The standard InChI is InChI=1S/C12H10FN7S/c13-6-3-15-11(16-4-6)19-12-18-9-7-5-17-20-10(7)14-2-1-8(9)21-12/h3-5H,1-2H2,(H2,14,17,20)(H,15,16,18,19). The van der Waals surface area contributed by atoms with E-state index < -0.39 is 5.82 Å². The maximum Gasteiger partial charge on any atom is 0.229 e. The fourth-order valence-corrected chi connectivity index (χ4v) is 3.13. The molecule has 7 nitrogen and oxygen atoms in total. The summed E-state index contributed by atoms with van der Waals surface area (Å²) in [7, 11) is 0. The number of rotatable bonds is 2. The van der Waals surface area contributed by atoms with Gasteiger partial charge in [0, 0.05) is 24.0 Å². The maximum absolute atomic E-state index is 12.8. The first kappa shape index (κ1) is 12.2. The summed E-state index contributed by atoms with van der Waals surface area (Å²) in [5.41, 5.74) is 1.85. The summed E-state index contributed by atoms with van der Waals surface area (Å²) in [6, 6.07) is 0. The Morgan fingerprint density at radius 1 is 1.29 bits per heavy atom. The predicted molar refractivity (Wildman–Crippen MR) is 77.2 cm³/mol. The van der Waals surface area contributed by atoms with Gasteiger partial charge in [-0.25, -0.2) is 19.3 Å². The Hall–Kier alpha value is -2.55. The minimum atomic E-state index is -0.468. The molecule has 3 aromatic heterocycles. The SMILES string of the molecule is Fc1cnc(Nc2nc3c(s2)CCNc2n[nH]cc2-3)nc1. The number of anilines is 3. The van der Waals surface area contributed by atoms with Crippen LogP contribution in [0.1, 0.15) is 4.88 Å². The second-order valence-corrected chi connectivity index (χ2v) is 5.55. The largest absolute Gasteiger partial charge is 0.368 e. The number of hydrogen-bond donors (Lipinski definition) is 3. The lowest BCUT2D eigenvalue weighted by Crippen LogP contribution is -2.02. The third-order valence-corrected chi connectivity index (χ3v) is 4.11. The zero-order chi connectivity index (χ0) is 14.2. The van der Waals surface area contributed by atoms with Crippen LogP contribution in [0.3, 0.4) is 0 Å². The van der Waals surface area contributed by atoms with Crippen molar-refractivity contribution in [3.8, 4) is 11.3 Å². The first-order valence-electron chi connectivity index (χ1n) is 6.32. The molecule has 0 fully saturated rings. The highest BCUT2D eigenvalue weighted by atomic mass is 32.1. The van der Waals surface area contributed by atoms with Gasteiger partial charge >= 0.3 is 0 Å². The monoisotopic (exact) mass is 303 g/mol. The van der Waals surface area contributed by atoms with E-state index >= 15 is 0 Å². The number of halogens is 1. The number of thiazole rings is 1. The van der Waals surface area contributed by atoms with Gasteiger partial charge in [0.05, 0.1) is 23.7 Å². The molecule has 0 amide bonds. The average Bonchev–Trinajstić information content (AvgIpc) is 3.06. The molecule has 0 aliphatic carbocycles. The molecule has 21 heavy (non-hydrogen) atoms. The summed E-state index contributed by atoms with van der Waals surface area (Å²) in [6.45, 7) is 0.805. The third kappa shape index (κ3) is 2.21. The summed E-state index contributed by atoms with van der Waals surface area (Å²) in [5.74, 6) is 0.666. The van der Waals surface area contributed by atoms with E-state index in [1.807, 2.05) is 6.20 Å². The van der Waals surface area contributed by atoms with Crippen molar-refractivity contribution in [3.05, 3.63) is 29.3 Å². The highest BCUT2D eigenvalue weighted by Gasteiger charge is 2.21. The summed E-state index contributed by atoms with van der Waals surface area (Å²) in [6.07, 6.45) is 4.93. The molecule has 106 valence electrons. The molecule has 0 saturated heterocycles. The molecule has 0 unspecified atom stereocenters. The Morgan fingerprint density at radius 3 is 3.00 bits per heavy atom. The van der Waals surface area contributed by atoms with E-state index in [1.54, 1.807) is 0 Å². The van der Waals surface area contributed by atoms with Crippen molar-refractivity contribution in [2.24, 2.45) is 0 Å². The lowest BCUT2D eigenvalue weighted by molar-refractivity contribution is 0.614. The summed E-state index contributed by atoms with van der Waals surface area (Å²) >= 11 is 1.54. The highest BCUT2D eigenvalue weighted by Crippen LogP contribution is 2.36. The summed E-state index contributed by atoms with van der Waals surface area (Å²) in [4.78, 5) is 13.5. The zero-order valence-corrected chi connectivity index (χ0v) is 11.5. The summed E-state index contributed by atoms with van der Waals surface area (Å²) in [5, 5.41) is 13.9. The van der Waals surface area contributed by atoms with E-state index in [0.717, 1.165) is 47.3 Å². The van der Waals surface area contributed by atoms with Crippen LogP contribution in [0.25, 0.3) is 11.3 Å². The van der Waals surface area contributed by atoms with Crippen molar-refractivity contribution in [1.82, 2.24) is 25.1 Å². The number of nitrogens with zero attached hydrogens (tertiary/aromatic N) is 4. The number of hydrogen-bond acceptors (Lipinski definition) is 7. The second-order valence-electron chi connectivity index (χ2n) is 4.46. The van der Waals surface area contributed by atoms with Gasteiger partial charge in [-0.15, -0.1) is 11.3 Å². The second kappa shape index (κ2) is 4.77. The molecule has 0 atom stereocenters. The van der Waals surface area contributed by atoms with Crippen molar-refractivity contribution in [1.29, 1.82) is 0 Å². The number of nitrogens with one attached hydrogen (secondary N) is 3. The molecule has 0 radical (unpaired) electrons. The van der Waals surface area contributed by atoms with Crippen LogP contribution in [0.4, 0.5) is 21.3 Å². The minimum Gasteiger partial charge on any atom is -0.368 e. The Morgan fingerprint density at radius 2 is 2.14 bits per heavy atom. The quantitative estimate of drug-likeness (QED) is 0.672. The Labute approximate surface area is 122 Å². The molecular weight excluding hydrogens is 293 g/mol. The van der Waals surface area contributed by atoms with E-state index in [9.17, 15) is 4.39 Å². The van der Waals surface area contributed by atoms with Gasteiger partial charge in [-0.1, -0.05) is 0 Å². The van der Waals surface area contributed by atoms with Crippen LogP contribution in [-0.2, 0) is 6.42 Å². The van der Waals surface area contributed by atoms with E-state index in [1.165, 1.54) is 11.3 Å². The molecule has 0 aromatic carbocycles. The molecule has 9 heteroatoms. The van der Waals surface area contributed by atoms with E-state index in [0.29, 0.717) is 11.1 Å². The van der Waals surface area contributed by atoms with Gasteiger partial charge in [-0.05, 0) is 0 Å². The number of aromatic amines is 1. The van der Waals surface area contributed by atoms with Crippen LogP contribution in [0.2, 0.25) is 0 Å². The van der Waals surface area contributed by atoms with Gasteiger partial charge in [0.2, 0.25) is 5.95 Å². The fraction of sp³-hybridized carbons (Fsp3) is 0.167. The molecule has 4 rings (SSSR count). The van der Waals surface area contributed by atoms with E-state index in [2.05, 4.69) is 35.8 Å². The molecule has 0 spiro atoms. The molecule has 1 aliphatic heterocycles. The van der Waals surface area contributed by atoms with Gasteiger partial charge in [-0.2, -0.15) is 5.10 Å². The Kier molecular flexibility index (Phi) is 2.78.